The lowest BCUT2D eigenvalue weighted by Crippen LogP contribution is -2.55. The molecule has 6 heteroatoms. The van der Waals surface area contributed by atoms with Crippen molar-refractivity contribution in [2.75, 3.05) is 19.6 Å². The van der Waals surface area contributed by atoms with Crippen molar-refractivity contribution in [1.82, 2.24) is 10.2 Å². The Bertz CT molecular complexity index is 310. The van der Waals surface area contributed by atoms with Crippen molar-refractivity contribution in [2.45, 2.75) is 52.3 Å². The first-order valence-electron chi connectivity index (χ1n) is 6.80. The Labute approximate surface area is 112 Å². The summed E-state index contributed by atoms with van der Waals surface area (Å²) in [7, 11) is 0. The van der Waals surface area contributed by atoms with Crippen molar-refractivity contribution in [2.24, 2.45) is 5.41 Å². The fourth-order valence-electron chi connectivity index (χ4n) is 2.59. The molecule has 1 fully saturated rings. The molecule has 0 aliphatic carbocycles. The molecule has 1 N–H and O–H groups in total. The zero-order valence-electron chi connectivity index (χ0n) is 11.8. The van der Waals surface area contributed by atoms with Crippen molar-refractivity contribution in [1.29, 1.82) is 0 Å². The molecule has 1 aliphatic heterocycles. The topological polar surface area (TPSA) is 32.3 Å². The average molecular weight is 280 g/mol. The van der Waals surface area contributed by atoms with Crippen molar-refractivity contribution in [3.8, 4) is 0 Å². The van der Waals surface area contributed by atoms with Gasteiger partial charge in [-0.3, -0.25) is 4.79 Å². The van der Waals surface area contributed by atoms with Crippen molar-refractivity contribution in [3.05, 3.63) is 0 Å². The Hall–Kier alpha value is -0.780. The van der Waals surface area contributed by atoms with Crippen LogP contribution in [0.1, 0.15) is 40.0 Å². The van der Waals surface area contributed by atoms with E-state index in [2.05, 4.69) is 5.32 Å². The molecule has 1 unspecified atom stereocenters. The van der Waals surface area contributed by atoms with E-state index in [0.29, 0.717) is 19.4 Å². The summed E-state index contributed by atoms with van der Waals surface area (Å²) < 4.78 is 37.8. The zero-order chi connectivity index (χ0) is 14.7. The Morgan fingerprint density at radius 3 is 2.42 bits per heavy atom. The highest BCUT2D eigenvalue weighted by atomic mass is 19.4. The van der Waals surface area contributed by atoms with E-state index in [4.69, 9.17) is 0 Å². The van der Waals surface area contributed by atoms with Gasteiger partial charge in [-0.1, -0.05) is 6.92 Å². The molecule has 1 aliphatic rings. The smallest absolute Gasteiger partial charge is 0.331 e. The second-order valence-corrected chi connectivity index (χ2v) is 5.56. The largest absolute Gasteiger partial charge is 0.406 e. The molecule has 0 bridgehead atoms. The number of nitrogens with zero attached hydrogens (tertiary/aromatic N) is 1. The molecule has 0 radical (unpaired) electrons. The summed E-state index contributed by atoms with van der Waals surface area (Å²) >= 11 is 0. The third kappa shape index (κ3) is 4.09. The molecular weight excluding hydrogens is 257 g/mol. The maximum atomic E-state index is 12.6. The average Bonchev–Trinajstić information content (AvgIpc) is 2.34. The molecule has 112 valence electrons. The van der Waals surface area contributed by atoms with Crippen LogP contribution in [-0.4, -0.2) is 42.7 Å². The molecule has 1 rings (SSSR count). The summed E-state index contributed by atoms with van der Waals surface area (Å²) in [6, 6.07) is -0.445. The number of hydrogen-bond acceptors (Lipinski definition) is 2. The molecule has 19 heavy (non-hydrogen) atoms. The highest BCUT2D eigenvalue weighted by molar-refractivity contribution is 5.83. The third-order valence-corrected chi connectivity index (χ3v) is 3.84. The molecule has 0 aromatic rings. The van der Waals surface area contributed by atoms with E-state index in [1.165, 1.54) is 0 Å². The SMILES string of the molecule is CCC1(C(=O)N(CC(F)(F)F)C(C)C)CCCNC1. The van der Waals surface area contributed by atoms with Crippen molar-refractivity contribution < 1.29 is 18.0 Å². The monoisotopic (exact) mass is 280 g/mol. The summed E-state index contributed by atoms with van der Waals surface area (Å²) in [6.45, 7) is 5.27. The first kappa shape index (κ1) is 16.3. The molecule has 3 nitrogen and oxygen atoms in total. The van der Waals surface area contributed by atoms with Crippen LogP contribution in [0.5, 0.6) is 0 Å². The van der Waals surface area contributed by atoms with Gasteiger partial charge in [0.25, 0.3) is 0 Å². The number of halogens is 3. The van der Waals surface area contributed by atoms with Crippen LogP contribution < -0.4 is 5.32 Å². The quantitative estimate of drug-likeness (QED) is 0.858. The zero-order valence-corrected chi connectivity index (χ0v) is 11.8. The van der Waals surface area contributed by atoms with E-state index in [1.807, 2.05) is 6.92 Å². The van der Waals surface area contributed by atoms with Crippen LogP contribution >= 0.6 is 0 Å². The molecule has 1 atom stereocenters. The van der Waals surface area contributed by atoms with Gasteiger partial charge in [0, 0.05) is 12.6 Å². The summed E-state index contributed by atoms with van der Waals surface area (Å²) in [6.07, 6.45) is -2.29. The number of hydrogen-bond donors (Lipinski definition) is 1. The van der Waals surface area contributed by atoms with Gasteiger partial charge < -0.3 is 10.2 Å². The van der Waals surface area contributed by atoms with E-state index in [9.17, 15) is 18.0 Å². The summed E-state index contributed by atoms with van der Waals surface area (Å²) in [4.78, 5) is 13.5. The number of rotatable bonds is 4. The van der Waals surface area contributed by atoms with Gasteiger partial charge >= 0.3 is 6.18 Å². The maximum Gasteiger partial charge on any atom is 0.406 e. The standard InChI is InChI=1S/C13H23F3N2O/c1-4-12(6-5-7-17-8-12)11(19)18(10(2)3)9-13(14,15)16/h10,17H,4-9H2,1-3H3. The number of alkyl halides is 3. The Balaban J connectivity index is 2.91. The van der Waals surface area contributed by atoms with Crippen LogP contribution in [-0.2, 0) is 4.79 Å². The van der Waals surface area contributed by atoms with Gasteiger partial charge in [0.2, 0.25) is 5.91 Å². The van der Waals surface area contributed by atoms with E-state index in [1.54, 1.807) is 13.8 Å². The van der Waals surface area contributed by atoms with Gasteiger partial charge in [-0.05, 0) is 39.7 Å². The van der Waals surface area contributed by atoms with Gasteiger partial charge in [0.15, 0.2) is 0 Å². The van der Waals surface area contributed by atoms with Crippen LogP contribution in [0.25, 0.3) is 0 Å². The lowest BCUT2D eigenvalue weighted by atomic mass is 9.77. The molecular formula is C13H23F3N2O. The summed E-state index contributed by atoms with van der Waals surface area (Å²) in [5.41, 5.74) is -0.673. The normalized spacial score (nSPS) is 24.6. The molecule has 0 aromatic heterocycles. The van der Waals surface area contributed by atoms with Gasteiger partial charge in [-0.2, -0.15) is 13.2 Å². The fourth-order valence-corrected chi connectivity index (χ4v) is 2.59. The van der Waals surface area contributed by atoms with Crippen LogP contribution in [0.15, 0.2) is 0 Å². The second-order valence-electron chi connectivity index (χ2n) is 5.56. The minimum atomic E-state index is -4.35. The highest BCUT2D eigenvalue weighted by Gasteiger charge is 2.44. The molecule has 0 spiro atoms. The van der Waals surface area contributed by atoms with Crippen LogP contribution in [0, 0.1) is 5.41 Å². The summed E-state index contributed by atoms with van der Waals surface area (Å²) in [5, 5.41) is 3.14. The van der Waals surface area contributed by atoms with Crippen molar-refractivity contribution in [3.63, 3.8) is 0 Å². The summed E-state index contributed by atoms with van der Waals surface area (Å²) in [5.74, 6) is -0.366. The minimum Gasteiger partial charge on any atom is -0.331 e. The lowest BCUT2D eigenvalue weighted by molar-refractivity contribution is -0.172. The third-order valence-electron chi connectivity index (χ3n) is 3.84. The van der Waals surface area contributed by atoms with E-state index in [-0.39, 0.29) is 5.91 Å². The number of amides is 1. The van der Waals surface area contributed by atoms with Gasteiger partial charge in [-0.25, -0.2) is 0 Å². The number of carbonyl (C=O) groups excluding carboxylic acids is 1. The van der Waals surface area contributed by atoms with Crippen molar-refractivity contribution >= 4 is 5.91 Å². The van der Waals surface area contributed by atoms with E-state index < -0.39 is 24.2 Å². The van der Waals surface area contributed by atoms with Crippen LogP contribution in [0.3, 0.4) is 0 Å². The molecule has 1 amide bonds. The van der Waals surface area contributed by atoms with Crippen LogP contribution in [0.2, 0.25) is 0 Å². The van der Waals surface area contributed by atoms with Crippen LogP contribution in [0.4, 0.5) is 13.2 Å². The first-order valence-corrected chi connectivity index (χ1v) is 6.80. The lowest BCUT2D eigenvalue weighted by Gasteiger charge is -2.41. The fraction of sp³-hybridized carbons (Fsp3) is 0.923. The first-order chi connectivity index (χ1) is 8.72. The number of piperidine rings is 1. The maximum absolute atomic E-state index is 12.6. The molecule has 1 heterocycles. The predicted octanol–water partition coefficient (Wildman–Crippen LogP) is 2.57. The second kappa shape index (κ2) is 6.11. The number of carbonyl (C=O) groups is 1. The Kier molecular flexibility index (Phi) is 5.24. The van der Waals surface area contributed by atoms with Gasteiger partial charge in [0.05, 0.1) is 5.41 Å². The Morgan fingerprint density at radius 2 is 2.05 bits per heavy atom. The van der Waals surface area contributed by atoms with Gasteiger partial charge in [-0.15, -0.1) is 0 Å². The van der Waals surface area contributed by atoms with E-state index >= 15 is 0 Å². The predicted molar refractivity (Wildman–Crippen MR) is 67.7 cm³/mol. The molecule has 1 saturated heterocycles. The molecule has 0 aromatic carbocycles. The highest BCUT2D eigenvalue weighted by Crippen LogP contribution is 2.34. The van der Waals surface area contributed by atoms with Gasteiger partial charge in [0.1, 0.15) is 6.54 Å². The minimum absolute atomic E-state index is 0.366. The number of nitrogens with one attached hydrogen (secondary N) is 1. The Morgan fingerprint density at radius 1 is 1.42 bits per heavy atom. The molecule has 0 saturated carbocycles. The van der Waals surface area contributed by atoms with E-state index in [0.717, 1.165) is 17.9 Å².